The summed E-state index contributed by atoms with van der Waals surface area (Å²) in [6.45, 7) is 5.50. The first-order chi connectivity index (χ1) is 5.00. The standard InChI is InChI=1S/C8H15O3/c1-4-5-6-11-8(2,3)7(9)10/h4-6H2,1-3H3. The number of ether oxygens (including phenoxy) is 1. The predicted molar refractivity (Wildman–Crippen MR) is 40.6 cm³/mol. The fourth-order valence-electron chi connectivity index (χ4n) is 0.531. The van der Waals surface area contributed by atoms with Crippen molar-refractivity contribution in [2.45, 2.75) is 39.2 Å². The van der Waals surface area contributed by atoms with E-state index < -0.39 is 11.6 Å². The Morgan fingerprint density at radius 1 is 1.45 bits per heavy atom. The molecule has 0 atom stereocenters. The topological polar surface area (TPSA) is 46.2 Å². The van der Waals surface area contributed by atoms with E-state index in [1.165, 1.54) is 13.8 Å². The van der Waals surface area contributed by atoms with Gasteiger partial charge in [-0.05, 0) is 20.3 Å². The molecule has 65 valence electrons. The molecule has 0 aromatic heterocycles. The van der Waals surface area contributed by atoms with Crippen molar-refractivity contribution in [3.63, 3.8) is 0 Å². The molecule has 0 aliphatic rings. The van der Waals surface area contributed by atoms with Gasteiger partial charge in [0.05, 0.1) is 0 Å². The fourth-order valence-corrected chi connectivity index (χ4v) is 0.531. The highest BCUT2D eigenvalue weighted by atomic mass is 16.5. The van der Waals surface area contributed by atoms with Crippen LogP contribution in [0.15, 0.2) is 0 Å². The summed E-state index contributed by atoms with van der Waals surface area (Å²) in [4.78, 5) is 10.4. The van der Waals surface area contributed by atoms with Crippen LogP contribution in [0.1, 0.15) is 33.6 Å². The zero-order valence-electron chi connectivity index (χ0n) is 7.35. The third-order valence-electron chi connectivity index (χ3n) is 1.45. The summed E-state index contributed by atoms with van der Waals surface area (Å²) in [6.07, 6.45) is 1.89. The molecule has 0 saturated carbocycles. The molecular formula is C8H15O3. The molecule has 11 heavy (non-hydrogen) atoms. The third-order valence-corrected chi connectivity index (χ3v) is 1.45. The first kappa shape index (κ1) is 10.4. The number of hydrogen-bond donors (Lipinski definition) is 0. The highest BCUT2D eigenvalue weighted by molar-refractivity contribution is 5.75. The van der Waals surface area contributed by atoms with Gasteiger partial charge in [0.2, 0.25) is 0 Å². The van der Waals surface area contributed by atoms with Gasteiger partial charge < -0.3 is 4.74 Å². The minimum atomic E-state index is -1.16. The van der Waals surface area contributed by atoms with Gasteiger partial charge in [0.15, 0.2) is 5.60 Å². The highest BCUT2D eigenvalue weighted by Gasteiger charge is 2.29. The van der Waals surface area contributed by atoms with Crippen molar-refractivity contribution < 1.29 is 14.6 Å². The molecule has 0 fully saturated rings. The van der Waals surface area contributed by atoms with E-state index in [9.17, 15) is 9.90 Å². The lowest BCUT2D eigenvalue weighted by Crippen LogP contribution is -2.34. The van der Waals surface area contributed by atoms with Gasteiger partial charge in [0, 0.05) is 6.61 Å². The van der Waals surface area contributed by atoms with E-state index in [4.69, 9.17) is 4.74 Å². The van der Waals surface area contributed by atoms with Crippen LogP contribution >= 0.6 is 0 Å². The van der Waals surface area contributed by atoms with Crippen LogP contribution in [0, 0.1) is 0 Å². The number of rotatable bonds is 5. The lowest BCUT2D eigenvalue weighted by Gasteiger charge is -2.17. The van der Waals surface area contributed by atoms with Gasteiger partial charge in [-0.1, -0.05) is 13.3 Å². The smallest absolute Gasteiger partial charge is 0.364 e. The number of unbranched alkanes of at least 4 members (excludes halogenated alkanes) is 1. The summed E-state index contributed by atoms with van der Waals surface area (Å²) in [5.74, 6) is -1.16. The summed E-state index contributed by atoms with van der Waals surface area (Å²) in [5.41, 5.74) is -1.14. The normalized spacial score (nSPS) is 11.5. The molecule has 3 nitrogen and oxygen atoms in total. The Hall–Kier alpha value is -0.570. The Balaban J connectivity index is 3.64. The SMILES string of the molecule is CCCCOC(C)(C)C([O])=O. The van der Waals surface area contributed by atoms with Crippen molar-refractivity contribution in [2.24, 2.45) is 0 Å². The summed E-state index contributed by atoms with van der Waals surface area (Å²) in [6, 6.07) is 0. The van der Waals surface area contributed by atoms with Crippen molar-refractivity contribution >= 4 is 5.97 Å². The monoisotopic (exact) mass is 159 g/mol. The second-order valence-electron chi connectivity index (χ2n) is 3.00. The minimum absolute atomic E-state index is 0.484. The van der Waals surface area contributed by atoms with E-state index in [1.807, 2.05) is 6.92 Å². The molecular weight excluding hydrogens is 144 g/mol. The molecule has 0 amide bonds. The zero-order chi connectivity index (χ0) is 8.91. The van der Waals surface area contributed by atoms with Crippen LogP contribution in [0.5, 0.6) is 0 Å². The van der Waals surface area contributed by atoms with Crippen LogP contribution < -0.4 is 0 Å². The van der Waals surface area contributed by atoms with Crippen LogP contribution in [-0.2, 0) is 14.6 Å². The Morgan fingerprint density at radius 2 is 2.00 bits per heavy atom. The largest absolute Gasteiger partial charge is 0.386 e. The van der Waals surface area contributed by atoms with Crippen LogP contribution in [0.2, 0.25) is 0 Å². The Kier molecular flexibility index (Phi) is 4.11. The summed E-state index contributed by atoms with van der Waals surface area (Å²) in [5, 5.41) is 10.4. The van der Waals surface area contributed by atoms with E-state index >= 15 is 0 Å². The van der Waals surface area contributed by atoms with Gasteiger partial charge in [-0.3, -0.25) is 0 Å². The van der Waals surface area contributed by atoms with Gasteiger partial charge in [0.1, 0.15) is 0 Å². The van der Waals surface area contributed by atoms with E-state index in [-0.39, 0.29) is 0 Å². The molecule has 1 radical (unpaired) electrons. The van der Waals surface area contributed by atoms with Crippen LogP contribution in [0.4, 0.5) is 0 Å². The van der Waals surface area contributed by atoms with Crippen molar-refractivity contribution in [1.82, 2.24) is 0 Å². The molecule has 0 spiro atoms. The van der Waals surface area contributed by atoms with Gasteiger partial charge in [-0.2, -0.15) is 0 Å². The van der Waals surface area contributed by atoms with E-state index in [0.29, 0.717) is 6.61 Å². The molecule has 0 aromatic rings. The third kappa shape index (κ3) is 3.98. The second kappa shape index (κ2) is 4.34. The number of carbonyl (C=O) groups is 1. The van der Waals surface area contributed by atoms with Crippen molar-refractivity contribution in [3.8, 4) is 0 Å². The first-order valence-electron chi connectivity index (χ1n) is 3.86. The van der Waals surface area contributed by atoms with Gasteiger partial charge >= 0.3 is 5.97 Å². The summed E-state index contributed by atoms with van der Waals surface area (Å²) >= 11 is 0. The quantitative estimate of drug-likeness (QED) is 0.571. The molecule has 0 aromatic carbocycles. The Morgan fingerprint density at radius 3 is 2.36 bits per heavy atom. The van der Waals surface area contributed by atoms with E-state index in [0.717, 1.165) is 12.8 Å². The molecule has 0 saturated heterocycles. The molecule has 3 heteroatoms. The van der Waals surface area contributed by atoms with Gasteiger partial charge in [-0.25, -0.2) is 9.90 Å². The summed E-state index contributed by atoms with van der Waals surface area (Å²) < 4.78 is 5.07. The average molecular weight is 159 g/mol. The highest BCUT2D eigenvalue weighted by Crippen LogP contribution is 2.09. The molecule has 0 N–H and O–H groups in total. The summed E-state index contributed by atoms with van der Waals surface area (Å²) in [7, 11) is 0. The number of carbonyl (C=O) groups excluding carboxylic acids is 1. The number of hydrogen-bond acceptors (Lipinski definition) is 2. The zero-order valence-corrected chi connectivity index (χ0v) is 7.35. The van der Waals surface area contributed by atoms with Crippen LogP contribution in [0.25, 0.3) is 0 Å². The molecule has 0 rings (SSSR count). The minimum Gasteiger partial charge on any atom is -0.364 e. The predicted octanol–water partition coefficient (Wildman–Crippen LogP) is 1.54. The lowest BCUT2D eigenvalue weighted by molar-refractivity contribution is -0.168. The first-order valence-corrected chi connectivity index (χ1v) is 3.86. The molecule has 0 bridgehead atoms. The van der Waals surface area contributed by atoms with Crippen molar-refractivity contribution in [1.29, 1.82) is 0 Å². The van der Waals surface area contributed by atoms with Crippen molar-refractivity contribution in [2.75, 3.05) is 6.61 Å². The maximum Gasteiger partial charge on any atom is 0.386 e. The maximum absolute atomic E-state index is 10.4. The van der Waals surface area contributed by atoms with Gasteiger partial charge in [-0.15, -0.1) is 0 Å². The van der Waals surface area contributed by atoms with Gasteiger partial charge in [0.25, 0.3) is 0 Å². The van der Waals surface area contributed by atoms with E-state index in [2.05, 4.69) is 0 Å². The van der Waals surface area contributed by atoms with E-state index in [1.54, 1.807) is 0 Å². The lowest BCUT2D eigenvalue weighted by atomic mass is 10.1. The van der Waals surface area contributed by atoms with Crippen LogP contribution in [-0.4, -0.2) is 18.2 Å². The Labute approximate surface area is 67.4 Å². The molecule has 0 unspecified atom stereocenters. The average Bonchev–Trinajstić information content (AvgIpc) is 1.88. The van der Waals surface area contributed by atoms with Crippen molar-refractivity contribution in [3.05, 3.63) is 0 Å². The molecule has 0 aliphatic heterocycles. The second-order valence-corrected chi connectivity index (χ2v) is 3.00. The Bertz CT molecular complexity index is 129. The fraction of sp³-hybridized carbons (Fsp3) is 0.875. The van der Waals surface area contributed by atoms with Crippen LogP contribution in [0.3, 0.4) is 0 Å². The maximum atomic E-state index is 10.4. The molecule has 0 heterocycles. The molecule has 0 aliphatic carbocycles.